The van der Waals surface area contributed by atoms with Gasteiger partial charge in [0.15, 0.2) is 6.04 Å². The first-order chi connectivity index (χ1) is 7.99. The smallest absolute Gasteiger partial charge is 0.332 e. The van der Waals surface area contributed by atoms with E-state index in [0.717, 1.165) is 4.90 Å². The number of hydrogen-bond acceptors (Lipinski definition) is 5. The Hall–Kier alpha value is -1.63. The maximum atomic E-state index is 11.8. The van der Waals surface area contributed by atoms with Crippen molar-refractivity contribution in [3.63, 3.8) is 0 Å². The molecule has 0 aliphatic carbocycles. The highest BCUT2D eigenvalue weighted by atomic mass is 16.5. The summed E-state index contributed by atoms with van der Waals surface area (Å²) < 4.78 is 4.62. The van der Waals surface area contributed by atoms with Crippen molar-refractivity contribution in [2.45, 2.75) is 31.8 Å². The summed E-state index contributed by atoms with van der Waals surface area (Å²) >= 11 is 0. The van der Waals surface area contributed by atoms with Crippen LogP contribution in [-0.2, 0) is 19.1 Å². The van der Waals surface area contributed by atoms with Crippen molar-refractivity contribution in [2.75, 3.05) is 13.2 Å². The van der Waals surface area contributed by atoms with Crippen LogP contribution < -0.4 is 5.73 Å². The lowest BCUT2D eigenvalue weighted by Crippen LogP contribution is -2.52. The van der Waals surface area contributed by atoms with Crippen molar-refractivity contribution in [3.8, 4) is 0 Å². The average molecular weight is 244 g/mol. The van der Waals surface area contributed by atoms with E-state index in [1.165, 1.54) is 0 Å². The van der Waals surface area contributed by atoms with Gasteiger partial charge in [0.2, 0.25) is 0 Å². The van der Waals surface area contributed by atoms with Crippen LogP contribution in [0.5, 0.6) is 0 Å². The Morgan fingerprint density at radius 1 is 1.53 bits per heavy atom. The number of carbonyl (C=O) groups is 3. The summed E-state index contributed by atoms with van der Waals surface area (Å²) in [5.41, 5.74) is 5.43. The van der Waals surface area contributed by atoms with Gasteiger partial charge in [-0.2, -0.15) is 0 Å². The third-order valence-electron chi connectivity index (χ3n) is 2.63. The van der Waals surface area contributed by atoms with Crippen molar-refractivity contribution in [1.29, 1.82) is 0 Å². The lowest BCUT2D eigenvalue weighted by atomic mass is 10.2. The largest absolute Gasteiger partial charge is 0.480 e. The van der Waals surface area contributed by atoms with Gasteiger partial charge in [-0.3, -0.25) is 4.79 Å². The Bertz CT molecular complexity index is 331. The van der Waals surface area contributed by atoms with Crippen molar-refractivity contribution in [2.24, 2.45) is 5.73 Å². The molecule has 1 heterocycles. The topological polar surface area (TPSA) is 110 Å². The van der Waals surface area contributed by atoms with E-state index in [-0.39, 0.29) is 6.61 Å². The van der Waals surface area contributed by atoms with Gasteiger partial charge >= 0.3 is 11.9 Å². The summed E-state index contributed by atoms with van der Waals surface area (Å²) in [5.74, 6) is -2.59. The molecular formula is C10H16N2O5. The fourth-order valence-electron chi connectivity index (χ4n) is 1.80. The van der Waals surface area contributed by atoms with Crippen LogP contribution in [0.25, 0.3) is 0 Å². The molecule has 17 heavy (non-hydrogen) atoms. The molecular weight excluding hydrogens is 228 g/mol. The molecule has 0 aromatic carbocycles. The third kappa shape index (κ3) is 2.94. The van der Waals surface area contributed by atoms with E-state index in [0.29, 0.717) is 19.4 Å². The predicted octanol–water partition coefficient (Wildman–Crippen LogP) is -1.05. The maximum Gasteiger partial charge on any atom is 0.332 e. The zero-order valence-corrected chi connectivity index (χ0v) is 9.59. The van der Waals surface area contributed by atoms with Crippen LogP contribution >= 0.6 is 0 Å². The van der Waals surface area contributed by atoms with E-state index in [1.807, 2.05) is 0 Å². The summed E-state index contributed by atoms with van der Waals surface area (Å²) in [4.78, 5) is 35.1. The Balaban J connectivity index is 2.68. The molecule has 1 aliphatic rings. The molecule has 1 amide bonds. The van der Waals surface area contributed by atoms with Crippen LogP contribution in [0.3, 0.4) is 0 Å². The van der Waals surface area contributed by atoms with E-state index >= 15 is 0 Å². The molecule has 7 heteroatoms. The van der Waals surface area contributed by atoms with Crippen LogP contribution in [-0.4, -0.2) is 53.1 Å². The van der Waals surface area contributed by atoms with Crippen LogP contribution in [0.2, 0.25) is 0 Å². The number of carboxylic acid groups (broad SMARTS) is 1. The van der Waals surface area contributed by atoms with E-state index in [1.54, 1.807) is 6.92 Å². The zero-order valence-electron chi connectivity index (χ0n) is 9.59. The fourth-order valence-corrected chi connectivity index (χ4v) is 1.80. The summed E-state index contributed by atoms with van der Waals surface area (Å²) in [6.45, 7) is 2.04. The van der Waals surface area contributed by atoms with E-state index < -0.39 is 29.9 Å². The number of hydrogen-bond donors (Lipinski definition) is 2. The Morgan fingerprint density at radius 3 is 2.71 bits per heavy atom. The molecule has 0 aromatic rings. The minimum atomic E-state index is -1.44. The van der Waals surface area contributed by atoms with Crippen molar-refractivity contribution < 1.29 is 24.2 Å². The summed E-state index contributed by atoms with van der Waals surface area (Å²) in [5, 5.41) is 8.91. The second kappa shape index (κ2) is 5.62. The summed E-state index contributed by atoms with van der Waals surface area (Å²) in [6, 6.07) is -2.32. The molecule has 0 aromatic heterocycles. The molecule has 1 aliphatic heterocycles. The molecule has 1 saturated heterocycles. The summed E-state index contributed by atoms with van der Waals surface area (Å²) in [7, 11) is 0. The van der Waals surface area contributed by atoms with E-state index in [2.05, 4.69) is 4.74 Å². The second-order valence-corrected chi connectivity index (χ2v) is 3.76. The predicted molar refractivity (Wildman–Crippen MR) is 57.0 cm³/mol. The maximum absolute atomic E-state index is 11.8. The van der Waals surface area contributed by atoms with Crippen molar-refractivity contribution >= 4 is 17.8 Å². The third-order valence-corrected chi connectivity index (χ3v) is 2.63. The standard InChI is InChI=1S/C10H16N2O5/c1-2-17-10(16)7(11)8(13)12-5-3-4-6(12)9(14)15/h6-7H,2-5,11H2,1H3,(H,14,15). The van der Waals surface area contributed by atoms with Gasteiger partial charge in [-0.05, 0) is 19.8 Å². The first-order valence-corrected chi connectivity index (χ1v) is 5.44. The molecule has 0 radical (unpaired) electrons. The monoisotopic (exact) mass is 244 g/mol. The highest BCUT2D eigenvalue weighted by molar-refractivity contribution is 6.03. The van der Waals surface area contributed by atoms with Crippen LogP contribution in [0.15, 0.2) is 0 Å². The number of aliphatic carboxylic acids is 1. The summed E-state index contributed by atoms with van der Waals surface area (Å²) in [6.07, 6.45) is 0.981. The van der Waals surface area contributed by atoms with Gasteiger partial charge in [-0.25, -0.2) is 9.59 Å². The lowest BCUT2D eigenvalue weighted by Gasteiger charge is -2.23. The highest BCUT2D eigenvalue weighted by Crippen LogP contribution is 2.18. The number of rotatable bonds is 4. The Labute approximate surface area is 98.5 Å². The number of ether oxygens (including phenoxy) is 1. The van der Waals surface area contributed by atoms with Gasteiger partial charge in [0.1, 0.15) is 6.04 Å². The first-order valence-electron chi connectivity index (χ1n) is 5.44. The van der Waals surface area contributed by atoms with E-state index in [9.17, 15) is 14.4 Å². The number of amides is 1. The number of nitrogens with zero attached hydrogens (tertiary/aromatic N) is 1. The quantitative estimate of drug-likeness (QED) is 0.482. The molecule has 2 unspecified atom stereocenters. The molecule has 0 spiro atoms. The molecule has 1 rings (SSSR count). The van der Waals surface area contributed by atoms with Crippen molar-refractivity contribution in [3.05, 3.63) is 0 Å². The molecule has 0 bridgehead atoms. The van der Waals surface area contributed by atoms with Crippen LogP contribution in [0, 0.1) is 0 Å². The van der Waals surface area contributed by atoms with Crippen LogP contribution in [0.4, 0.5) is 0 Å². The Kier molecular flexibility index (Phi) is 4.45. The van der Waals surface area contributed by atoms with Gasteiger partial charge in [0.05, 0.1) is 6.61 Å². The molecule has 7 nitrogen and oxygen atoms in total. The lowest BCUT2D eigenvalue weighted by molar-refractivity contribution is -0.155. The minimum Gasteiger partial charge on any atom is -0.480 e. The minimum absolute atomic E-state index is 0.127. The zero-order chi connectivity index (χ0) is 13.0. The van der Waals surface area contributed by atoms with Gasteiger partial charge in [0, 0.05) is 6.54 Å². The van der Waals surface area contributed by atoms with Crippen molar-refractivity contribution in [1.82, 2.24) is 4.90 Å². The SMILES string of the molecule is CCOC(=O)C(N)C(=O)N1CCCC1C(=O)O. The van der Waals surface area contributed by atoms with Gasteiger partial charge in [0.25, 0.3) is 5.91 Å². The van der Waals surface area contributed by atoms with E-state index in [4.69, 9.17) is 10.8 Å². The number of nitrogens with two attached hydrogens (primary N) is 1. The number of carbonyl (C=O) groups excluding carboxylic acids is 2. The molecule has 96 valence electrons. The highest BCUT2D eigenvalue weighted by Gasteiger charge is 2.38. The number of carboxylic acids is 1. The number of esters is 1. The fraction of sp³-hybridized carbons (Fsp3) is 0.700. The average Bonchev–Trinajstić information content (AvgIpc) is 2.76. The van der Waals surface area contributed by atoms with Gasteiger partial charge < -0.3 is 20.5 Å². The molecule has 3 N–H and O–H groups in total. The Morgan fingerprint density at radius 2 is 2.18 bits per heavy atom. The second-order valence-electron chi connectivity index (χ2n) is 3.76. The van der Waals surface area contributed by atoms with Gasteiger partial charge in [-0.1, -0.05) is 0 Å². The normalized spacial score (nSPS) is 21.1. The molecule has 2 atom stereocenters. The first kappa shape index (κ1) is 13.4. The van der Waals surface area contributed by atoms with Gasteiger partial charge in [-0.15, -0.1) is 0 Å². The molecule has 1 fully saturated rings. The number of likely N-dealkylation sites (tertiary alicyclic amines) is 1. The van der Waals surface area contributed by atoms with Crippen LogP contribution in [0.1, 0.15) is 19.8 Å². The molecule has 0 saturated carbocycles.